The van der Waals surface area contributed by atoms with Gasteiger partial charge in [0, 0.05) is 12.0 Å². The Morgan fingerprint density at radius 2 is 1.78 bits per heavy atom. The number of oxime groups is 1. The number of rotatable bonds is 1. The molecule has 0 fully saturated rings. The van der Waals surface area contributed by atoms with E-state index in [1.165, 1.54) is 0 Å². The molecule has 0 unspecified atom stereocenters. The Labute approximate surface area is 134 Å². The highest BCUT2D eigenvalue weighted by Gasteiger charge is 2.28. The number of nitrogens with zero attached hydrogens (tertiary/aromatic N) is 1. The molecule has 1 atom stereocenters. The van der Waals surface area contributed by atoms with E-state index >= 15 is 0 Å². The fourth-order valence-corrected chi connectivity index (χ4v) is 2.99. The van der Waals surface area contributed by atoms with Crippen LogP contribution in [0.25, 0.3) is 0 Å². The first-order valence-electron chi connectivity index (χ1n) is 7.63. The number of benzene rings is 2. The smallest absolute Gasteiger partial charge is 0.161 e. The molecular weight excluding hydrogens is 294 g/mol. The molecule has 0 aliphatic carbocycles. The molecule has 0 bridgehead atoms. The molecule has 2 aliphatic rings. The van der Waals surface area contributed by atoms with Crippen LogP contribution in [0.3, 0.4) is 0 Å². The molecule has 5 nitrogen and oxygen atoms in total. The van der Waals surface area contributed by atoms with Crippen LogP contribution in [0.15, 0.2) is 41.6 Å². The maximum Gasteiger partial charge on any atom is 0.161 e. The summed E-state index contributed by atoms with van der Waals surface area (Å²) in [7, 11) is 0. The molecule has 0 saturated carbocycles. The number of hydrogen-bond donors (Lipinski definition) is 1. The lowest BCUT2D eigenvalue weighted by molar-refractivity contribution is 0.169. The maximum absolute atomic E-state index is 9.37. The van der Waals surface area contributed by atoms with Crippen molar-refractivity contribution in [1.29, 1.82) is 0 Å². The predicted octanol–water partition coefficient (Wildman–Crippen LogP) is 3.47. The highest BCUT2D eigenvalue weighted by molar-refractivity contribution is 6.03. The van der Waals surface area contributed by atoms with Crippen molar-refractivity contribution in [3.63, 3.8) is 0 Å². The first-order valence-corrected chi connectivity index (χ1v) is 7.63. The summed E-state index contributed by atoms with van der Waals surface area (Å²) in [6.07, 6.45) is 0.291. The molecule has 118 valence electrons. The molecule has 2 aromatic rings. The van der Waals surface area contributed by atoms with Gasteiger partial charge in [0.25, 0.3) is 0 Å². The molecular formula is C18H17NO4. The highest BCUT2D eigenvalue weighted by atomic mass is 16.6. The second-order valence-electron chi connectivity index (χ2n) is 5.76. The van der Waals surface area contributed by atoms with Gasteiger partial charge in [-0.2, -0.15) is 0 Å². The van der Waals surface area contributed by atoms with Crippen LogP contribution in [0.4, 0.5) is 0 Å². The van der Waals surface area contributed by atoms with Gasteiger partial charge in [-0.1, -0.05) is 22.9 Å². The normalized spacial score (nSPS) is 20.7. The van der Waals surface area contributed by atoms with Crippen molar-refractivity contribution in [3.05, 3.63) is 53.1 Å². The summed E-state index contributed by atoms with van der Waals surface area (Å²) in [5.74, 6) is 2.21. The van der Waals surface area contributed by atoms with E-state index in [1.54, 1.807) is 0 Å². The van der Waals surface area contributed by atoms with Crippen LogP contribution in [-0.4, -0.2) is 24.1 Å². The van der Waals surface area contributed by atoms with E-state index in [2.05, 4.69) is 5.16 Å². The predicted molar refractivity (Wildman–Crippen MR) is 84.9 cm³/mol. The van der Waals surface area contributed by atoms with Crippen molar-refractivity contribution in [2.45, 2.75) is 19.4 Å². The molecule has 2 heterocycles. The van der Waals surface area contributed by atoms with Gasteiger partial charge in [-0.05, 0) is 36.8 Å². The average Bonchev–Trinajstić information content (AvgIpc) is 2.60. The fourth-order valence-electron chi connectivity index (χ4n) is 2.99. The van der Waals surface area contributed by atoms with Gasteiger partial charge in [-0.3, -0.25) is 0 Å². The number of fused-ring (bicyclic) bond motifs is 2. The lowest BCUT2D eigenvalue weighted by Crippen LogP contribution is -2.22. The van der Waals surface area contributed by atoms with Gasteiger partial charge in [-0.15, -0.1) is 0 Å². The van der Waals surface area contributed by atoms with Crippen molar-refractivity contribution >= 4 is 5.71 Å². The first kappa shape index (κ1) is 13.9. The van der Waals surface area contributed by atoms with Gasteiger partial charge < -0.3 is 19.4 Å². The second-order valence-corrected chi connectivity index (χ2v) is 5.76. The van der Waals surface area contributed by atoms with Crippen molar-refractivity contribution in [1.82, 2.24) is 0 Å². The first-order chi connectivity index (χ1) is 11.2. The summed E-state index contributed by atoms with van der Waals surface area (Å²) < 4.78 is 17.3. The Kier molecular flexibility index (Phi) is 3.33. The standard InChI is InChI=1S/C18H17NO4/c1-11-2-4-15-13(8-11)14(19-20)10-17(23-15)12-3-5-16-18(9-12)22-7-6-21-16/h2-5,8-9,17,20H,6-7,10H2,1H3/b19-14-/t17-/m0/s1. The third kappa shape index (κ3) is 2.48. The molecule has 0 saturated heterocycles. The van der Waals surface area contributed by atoms with Crippen molar-refractivity contribution in [3.8, 4) is 17.2 Å². The van der Waals surface area contributed by atoms with Crippen LogP contribution in [0.2, 0.25) is 0 Å². The van der Waals surface area contributed by atoms with Gasteiger partial charge in [0.05, 0.1) is 5.71 Å². The Morgan fingerprint density at radius 3 is 2.61 bits per heavy atom. The minimum Gasteiger partial charge on any atom is -0.486 e. The lowest BCUT2D eigenvalue weighted by atomic mass is 9.94. The zero-order valence-corrected chi connectivity index (χ0v) is 12.8. The number of hydrogen-bond acceptors (Lipinski definition) is 5. The van der Waals surface area contributed by atoms with E-state index in [-0.39, 0.29) is 6.10 Å². The summed E-state index contributed by atoms with van der Waals surface area (Å²) in [4.78, 5) is 0. The van der Waals surface area contributed by atoms with Gasteiger partial charge in [0.2, 0.25) is 0 Å². The van der Waals surface area contributed by atoms with Crippen LogP contribution in [0.5, 0.6) is 17.2 Å². The second kappa shape index (κ2) is 5.50. The molecule has 4 rings (SSSR count). The SMILES string of the molecule is Cc1ccc2c(c1)/C(=N\O)C[C@@H](c1ccc3c(c1)OCCO3)O2. The van der Waals surface area contributed by atoms with Gasteiger partial charge in [0.1, 0.15) is 25.1 Å². The van der Waals surface area contributed by atoms with Crippen molar-refractivity contribution in [2.24, 2.45) is 5.16 Å². The zero-order chi connectivity index (χ0) is 15.8. The van der Waals surface area contributed by atoms with Gasteiger partial charge in [0.15, 0.2) is 11.5 Å². The van der Waals surface area contributed by atoms with Crippen LogP contribution in [-0.2, 0) is 0 Å². The van der Waals surface area contributed by atoms with Crippen molar-refractivity contribution < 1.29 is 19.4 Å². The third-order valence-corrected chi connectivity index (χ3v) is 4.15. The van der Waals surface area contributed by atoms with E-state index in [9.17, 15) is 5.21 Å². The van der Waals surface area contributed by atoms with E-state index in [0.29, 0.717) is 25.3 Å². The Bertz CT molecular complexity index is 785. The average molecular weight is 311 g/mol. The molecule has 0 radical (unpaired) electrons. The van der Waals surface area contributed by atoms with Crippen LogP contribution < -0.4 is 14.2 Å². The molecule has 0 spiro atoms. The third-order valence-electron chi connectivity index (χ3n) is 4.15. The van der Waals surface area contributed by atoms with E-state index in [1.807, 2.05) is 43.3 Å². The molecule has 0 aromatic heterocycles. The Balaban J connectivity index is 1.70. The van der Waals surface area contributed by atoms with Crippen LogP contribution in [0, 0.1) is 6.92 Å². The summed E-state index contributed by atoms with van der Waals surface area (Å²) in [6, 6.07) is 11.7. The summed E-state index contributed by atoms with van der Waals surface area (Å²) in [5.41, 5.74) is 3.56. The zero-order valence-electron chi connectivity index (χ0n) is 12.8. The number of aryl methyl sites for hydroxylation is 1. The minimum absolute atomic E-state index is 0.216. The summed E-state index contributed by atoms with van der Waals surface area (Å²) in [6.45, 7) is 3.12. The summed E-state index contributed by atoms with van der Waals surface area (Å²) in [5, 5.41) is 12.8. The van der Waals surface area contributed by atoms with E-state index < -0.39 is 0 Å². The topological polar surface area (TPSA) is 60.3 Å². The molecule has 23 heavy (non-hydrogen) atoms. The van der Waals surface area contributed by atoms with Gasteiger partial charge in [-0.25, -0.2) is 0 Å². The van der Waals surface area contributed by atoms with E-state index in [4.69, 9.17) is 14.2 Å². The molecule has 1 N–H and O–H groups in total. The Morgan fingerprint density at radius 1 is 1.00 bits per heavy atom. The molecule has 5 heteroatoms. The molecule has 0 amide bonds. The monoisotopic (exact) mass is 311 g/mol. The lowest BCUT2D eigenvalue weighted by Gasteiger charge is -2.28. The Hall–Kier alpha value is -2.69. The molecule has 2 aliphatic heterocycles. The molecule has 2 aromatic carbocycles. The van der Waals surface area contributed by atoms with Crippen LogP contribution >= 0.6 is 0 Å². The maximum atomic E-state index is 9.37. The largest absolute Gasteiger partial charge is 0.486 e. The van der Waals surface area contributed by atoms with Crippen LogP contribution in [0.1, 0.15) is 29.2 Å². The number of ether oxygens (including phenoxy) is 3. The van der Waals surface area contributed by atoms with E-state index in [0.717, 1.165) is 33.9 Å². The van der Waals surface area contributed by atoms with Gasteiger partial charge >= 0.3 is 0 Å². The minimum atomic E-state index is -0.216. The van der Waals surface area contributed by atoms with Crippen molar-refractivity contribution in [2.75, 3.05) is 13.2 Å². The fraction of sp³-hybridized carbons (Fsp3) is 0.278. The highest BCUT2D eigenvalue weighted by Crippen LogP contribution is 2.39. The summed E-state index contributed by atoms with van der Waals surface area (Å²) >= 11 is 0. The quantitative estimate of drug-likeness (QED) is 0.647.